The van der Waals surface area contributed by atoms with E-state index in [1.54, 1.807) is 13.3 Å². The predicted molar refractivity (Wildman–Crippen MR) is 67.9 cm³/mol. The molecule has 2 heterocycles. The van der Waals surface area contributed by atoms with Crippen molar-refractivity contribution in [2.24, 2.45) is 5.92 Å². The van der Waals surface area contributed by atoms with Crippen LogP contribution in [0.25, 0.3) is 5.57 Å². The fourth-order valence-electron chi connectivity index (χ4n) is 2.90. The highest BCUT2D eigenvalue weighted by Crippen LogP contribution is 2.35. The molecule has 3 heteroatoms. The Hall–Kier alpha value is -1.35. The predicted octanol–water partition coefficient (Wildman–Crippen LogP) is 2.25. The molecule has 1 N–H and O–H groups in total. The molecule has 0 radical (unpaired) electrons. The number of fused-ring (bicyclic) bond motifs is 1. The summed E-state index contributed by atoms with van der Waals surface area (Å²) >= 11 is 0. The Morgan fingerprint density at radius 3 is 3.24 bits per heavy atom. The van der Waals surface area contributed by atoms with E-state index in [4.69, 9.17) is 4.74 Å². The zero-order valence-electron chi connectivity index (χ0n) is 10.1. The second-order valence-electron chi connectivity index (χ2n) is 4.89. The molecule has 1 aromatic heterocycles. The van der Waals surface area contributed by atoms with Crippen molar-refractivity contribution in [2.75, 3.05) is 13.7 Å². The fourth-order valence-corrected chi connectivity index (χ4v) is 2.90. The highest BCUT2D eigenvalue weighted by molar-refractivity contribution is 5.67. The van der Waals surface area contributed by atoms with Gasteiger partial charge in [0.25, 0.3) is 0 Å². The van der Waals surface area contributed by atoms with E-state index in [1.165, 1.54) is 30.5 Å². The standard InChI is InChI=1S/C14H18N2O/c1-17-13-6-12(8-15-9-13)11-3-2-10-4-5-16-14(10)7-11/h3,6,8-10,14,16H,2,4-5,7H2,1H3/t10-,14-/m0/s1. The summed E-state index contributed by atoms with van der Waals surface area (Å²) in [5.41, 5.74) is 2.61. The summed E-state index contributed by atoms with van der Waals surface area (Å²) in [5, 5.41) is 3.59. The number of hydrogen-bond acceptors (Lipinski definition) is 3. The van der Waals surface area contributed by atoms with Gasteiger partial charge in [0, 0.05) is 12.2 Å². The molecule has 0 amide bonds. The molecule has 0 bridgehead atoms. The summed E-state index contributed by atoms with van der Waals surface area (Å²) < 4.78 is 5.23. The van der Waals surface area contributed by atoms with E-state index < -0.39 is 0 Å². The van der Waals surface area contributed by atoms with Gasteiger partial charge in [-0.2, -0.15) is 0 Å². The number of ether oxygens (including phenoxy) is 1. The minimum absolute atomic E-state index is 0.668. The van der Waals surface area contributed by atoms with Gasteiger partial charge in [-0.05, 0) is 48.9 Å². The van der Waals surface area contributed by atoms with Gasteiger partial charge in [0.1, 0.15) is 5.75 Å². The van der Waals surface area contributed by atoms with E-state index in [1.807, 2.05) is 6.20 Å². The van der Waals surface area contributed by atoms with Crippen molar-refractivity contribution >= 4 is 5.57 Å². The first-order chi connectivity index (χ1) is 8.36. The van der Waals surface area contributed by atoms with Crippen molar-refractivity contribution in [3.8, 4) is 5.75 Å². The average molecular weight is 230 g/mol. The number of rotatable bonds is 2. The molecule has 1 fully saturated rings. The Morgan fingerprint density at radius 1 is 1.41 bits per heavy atom. The van der Waals surface area contributed by atoms with Gasteiger partial charge in [0.2, 0.25) is 0 Å². The normalized spacial score (nSPS) is 27.5. The minimum Gasteiger partial charge on any atom is -0.495 e. The smallest absolute Gasteiger partial charge is 0.137 e. The van der Waals surface area contributed by atoms with Crippen LogP contribution in [-0.2, 0) is 0 Å². The lowest BCUT2D eigenvalue weighted by Crippen LogP contribution is -2.29. The van der Waals surface area contributed by atoms with Crippen LogP contribution in [0.4, 0.5) is 0 Å². The number of hydrogen-bond donors (Lipinski definition) is 1. The number of pyridine rings is 1. The zero-order chi connectivity index (χ0) is 11.7. The summed E-state index contributed by atoms with van der Waals surface area (Å²) in [6.45, 7) is 1.17. The van der Waals surface area contributed by atoms with Gasteiger partial charge >= 0.3 is 0 Å². The van der Waals surface area contributed by atoms with E-state index in [9.17, 15) is 0 Å². The number of allylic oxidation sites excluding steroid dienone is 1. The SMILES string of the molecule is COc1cncc(C2=CC[C@H]3CCN[C@H]3C2)c1. The summed E-state index contributed by atoms with van der Waals surface area (Å²) in [6, 6.07) is 2.75. The molecule has 90 valence electrons. The van der Waals surface area contributed by atoms with Crippen LogP contribution in [0.15, 0.2) is 24.5 Å². The Kier molecular flexibility index (Phi) is 2.85. The first-order valence-corrected chi connectivity index (χ1v) is 6.28. The van der Waals surface area contributed by atoms with Crippen LogP contribution in [0.2, 0.25) is 0 Å². The Morgan fingerprint density at radius 2 is 2.35 bits per heavy atom. The third-order valence-corrected chi connectivity index (χ3v) is 3.92. The van der Waals surface area contributed by atoms with Crippen LogP contribution in [0.1, 0.15) is 24.8 Å². The maximum Gasteiger partial charge on any atom is 0.137 e. The summed E-state index contributed by atoms with van der Waals surface area (Å²) in [5.74, 6) is 1.68. The molecule has 0 unspecified atom stereocenters. The minimum atomic E-state index is 0.668. The Labute approximate surface area is 102 Å². The maximum atomic E-state index is 5.23. The highest BCUT2D eigenvalue weighted by atomic mass is 16.5. The van der Waals surface area contributed by atoms with Gasteiger partial charge in [-0.3, -0.25) is 4.98 Å². The van der Waals surface area contributed by atoms with Gasteiger partial charge in [-0.1, -0.05) is 6.08 Å². The van der Waals surface area contributed by atoms with Gasteiger partial charge < -0.3 is 10.1 Å². The second kappa shape index (κ2) is 4.49. The van der Waals surface area contributed by atoms with Crippen LogP contribution in [0.5, 0.6) is 5.75 Å². The van der Waals surface area contributed by atoms with Gasteiger partial charge in [0.15, 0.2) is 0 Å². The summed E-state index contributed by atoms with van der Waals surface area (Å²) in [7, 11) is 1.69. The van der Waals surface area contributed by atoms with Gasteiger partial charge in [-0.25, -0.2) is 0 Å². The first-order valence-electron chi connectivity index (χ1n) is 6.28. The van der Waals surface area contributed by atoms with Crippen molar-refractivity contribution < 1.29 is 4.74 Å². The monoisotopic (exact) mass is 230 g/mol. The molecule has 2 aliphatic rings. The summed E-state index contributed by atoms with van der Waals surface area (Å²) in [4.78, 5) is 4.23. The number of aromatic nitrogens is 1. The lowest BCUT2D eigenvalue weighted by molar-refractivity contribution is 0.412. The van der Waals surface area contributed by atoms with E-state index in [0.29, 0.717) is 6.04 Å². The molecule has 1 saturated heterocycles. The van der Waals surface area contributed by atoms with E-state index in [0.717, 1.165) is 18.1 Å². The number of nitrogens with zero attached hydrogens (tertiary/aromatic N) is 1. The van der Waals surface area contributed by atoms with Crippen LogP contribution in [0.3, 0.4) is 0 Å². The fraction of sp³-hybridized carbons (Fsp3) is 0.500. The van der Waals surface area contributed by atoms with Crippen LogP contribution in [-0.4, -0.2) is 24.7 Å². The molecule has 0 spiro atoms. The zero-order valence-corrected chi connectivity index (χ0v) is 10.1. The molecule has 1 aliphatic heterocycles. The van der Waals surface area contributed by atoms with Crippen LogP contribution < -0.4 is 10.1 Å². The molecule has 3 nitrogen and oxygen atoms in total. The lowest BCUT2D eigenvalue weighted by atomic mass is 9.84. The van der Waals surface area contributed by atoms with Crippen molar-refractivity contribution in [3.05, 3.63) is 30.1 Å². The molecule has 1 aliphatic carbocycles. The highest BCUT2D eigenvalue weighted by Gasteiger charge is 2.30. The van der Waals surface area contributed by atoms with Crippen LogP contribution >= 0.6 is 0 Å². The number of nitrogens with one attached hydrogen (secondary N) is 1. The topological polar surface area (TPSA) is 34.1 Å². The molecular formula is C14H18N2O. The van der Waals surface area contributed by atoms with Crippen molar-refractivity contribution in [1.82, 2.24) is 10.3 Å². The molecule has 17 heavy (non-hydrogen) atoms. The maximum absolute atomic E-state index is 5.23. The molecular weight excluding hydrogens is 212 g/mol. The molecule has 0 aromatic carbocycles. The average Bonchev–Trinajstić information content (AvgIpc) is 2.86. The Balaban J connectivity index is 1.84. The molecule has 2 atom stereocenters. The summed E-state index contributed by atoms with van der Waals surface area (Å²) in [6.07, 6.45) is 9.71. The van der Waals surface area contributed by atoms with Crippen molar-refractivity contribution in [2.45, 2.75) is 25.3 Å². The molecule has 3 rings (SSSR count). The van der Waals surface area contributed by atoms with E-state index in [2.05, 4.69) is 22.4 Å². The Bertz CT molecular complexity index is 442. The van der Waals surface area contributed by atoms with Crippen molar-refractivity contribution in [3.63, 3.8) is 0 Å². The number of methoxy groups -OCH3 is 1. The molecule has 1 aromatic rings. The third-order valence-electron chi connectivity index (χ3n) is 3.92. The third kappa shape index (κ3) is 2.07. The second-order valence-corrected chi connectivity index (χ2v) is 4.89. The lowest BCUT2D eigenvalue weighted by Gasteiger charge is -2.25. The van der Waals surface area contributed by atoms with Crippen LogP contribution in [0, 0.1) is 5.92 Å². The first kappa shape index (κ1) is 10.8. The molecule has 0 saturated carbocycles. The van der Waals surface area contributed by atoms with Gasteiger partial charge in [-0.15, -0.1) is 0 Å². The van der Waals surface area contributed by atoms with E-state index >= 15 is 0 Å². The van der Waals surface area contributed by atoms with Gasteiger partial charge in [0.05, 0.1) is 13.3 Å². The largest absolute Gasteiger partial charge is 0.495 e. The quantitative estimate of drug-likeness (QED) is 0.846. The van der Waals surface area contributed by atoms with E-state index in [-0.39, 0.29) is 0 Å². The van der Waals surface area contributed by atoms with Crippen molar-refractivity contribution in [1.29, 1.82) is 0 Å².